The fourth-order valence-electron chi connectivity index (χ4n) is 3.60. The minimum atomic E-state index is -0.0392. The Balaban J connectivity index is 1.33. The lowest BCUT2D eigenvalue weighted by Crippen LogP contribution is -2.43. The molecule has 0 saturated carbocycles. The van der Waals surface area contributed by atoms with Crippen LogP contribution in [0.5, 0.6) is 0 Å². The number of aromatic nitrogens is 2. The largest absolute Gasteiger partial charge is 0.352 e. The molecule has 1 aliphatic rings. The highest BCUT2D eigenvalue weighted by atomic mass is 32.1. The van der Waals surface area contributed by atoms with Crippen LogP contribution in [0.15, 0.2) is 42.0 Å². The van der Waals surface area contributed by atoms with E-state index in [1.54, 1.807) is 23.7 Å². The van der Waals surface area contributed by atoms with E-state index in [0.29, 0.717) is 32.5 Å². The number of nitrogens with zero attached hydrogens (tertiary/aromatic N) is 3. The average molecular weight is 382 g/mol. The third-order valence-electron chi connectivity index (χ3n) is 5.23. The Bertz CT molecular complexity index is 955. The first kappa shape index (κ1) is 17.7. The van der Waals surface area contributed by atoms with Gasteiger partial charge in [-0.1, -0.05) is 6.07 Å². The molecule has 7 heteroatoms. The van der Waals surface area contributed by atoms with E-state index in [4.69, 9.17) is 0 Å². The quantitative estimate of drug-likeness (QED) is 0.754. The summed E-state index contributed by atoms with van der Waals surface area (Å²) in [5, 5.41) is 5.02. The molecule has 2 amide bonds. The van der Waals surface area contributed by atoms with E-state index < -0.39 is 0 Å². The van der Waals surface area contributed by atoms with Crippen LogP contribution in [0.25, 0.3) is 10.2 Å². The standard InChI is InChI=1S/C20H22N4O2S/c1-23-16-6-10-27-18(16)11-17(23)20(26)24-8-4-15(5-9-24)19(25)22-13-14-3-2-7-21-12-14/h2-3,6-7,10-12,15H,4-5,8-9,13H2,1H3,(H,22,25). The fraction of sp³-hybridized carbons (Fsp3) is 0.350. The van der Waals surface area contributed by atoms with Crippen molar-refractivity contribution in [1.82, 2.24) is 19.8 Å². The van der Waals surface area contributed by atoms with Crippen molar-refractivity contribution in [3.63, 3.8) is 0 Å². The van der Waals surface area contributed by atoms with Gasteiger partial charge in [0.2, 0.25) is 5.91 Å². The summed E-state index contributed by atoms with van der Waals surface area (Å²) in [4.78, 5) is 31.2. The monoisotopic (exact) mass is 382 g/mol. The minimum absolute atomic E-state index is 0.0392. The molecule has 4 heterocycles. The van der Waals surface area contributed by atoms with Gasteiger partial charge < -0.3 is 14.8 Å². The Kier molecular flexibility index (Phi) is 4.94. The third-order valence-corrected chi connectivity index (χ3v) is 6.08. The van der Waals surface area contributed by atoms with E-state index in [-0.39, 0.29) is 17.7 Å². The first-order valence-corrected chi connectivity index (χ1v) is 10.0. The zero-order valence-electron chi connectivity index (χ0n) is 15.2. The van der Waals surface area contributed by atoms with E-state index in [0.717, 1.165) is 21.5 Å². The normalized spacial score (nSPS) is 15.2. The van der Waals surface area contributed by atoms with Crippen LogP contribution in [0.3, 0.4) is 0 Å². The third kappa shape index (κ3) is 3.60. The van der Waals surface area contributed by atoms with Gasteiger partial charge in [-0.3, -0.25) is 14.6 Å². The minimum Gasteiger partial charge on any atom is -0.352 e. The SMILES string of the molecule is Cn1c(C(=O)N2CCC(C(=O)NCc3cccnc3)CC2)cc2sccc21. The molecule has 1 N–H and O–H groups in total. The van der Waals surface area contributed by atoms with E-state index in [9.17, 15) is 9.59 Å². The van der Waals surface area contributed by atoms with Crippen LogP contribution in [-0.2, 0) is 18.4 Å². The van der Waals surface area contributed by atoms with Gasteiger partial charge in [0, 0.05) is 45.0 Å². The number of piperidine rings is 1. The molecule has 0 unspecified atom stereocenters. The second-order valence-electron chi connectivity index (χ2n) is 6.90. The van der Waals surface area contributed by atoms with Gasteiger partial charge in [-0.2, -0.15) is 0 Å². The molecule has 6 nitrogen and oxygen atoms in total. The summed E-state index contributed by atoms with van der Waals surface area (Å²) in [5.74, 6) is 0.0723. The molecule has 1 aliphatic heterocycles. The highest BCUT2D eigenvalue weighted by Crippen LogP contribution is 2.26. The van der Waals surface area contributed by atoms with Crippen molar-refractivity contribution in [2.75, 3.05) is 13.1 Å². The van der Waals surface area contributed by atoms with Crippen LogP contribution in [0.4, 0.5) is 0 Å². The number of rotatable bonds is 4. The molecular weight excluding hydrogens is 360 g/mol. The summed E-state index contributed by atoms with van der Waals surface area (Å²) in [7, 11) is 1.93. The van der Waals surface area contributed by atoms with Crippen molar-refractivity contribution in [2.24, 2.45) is 13.0 Å². The molecule has 0 spiro atoms. The number of aryl methyl sites for hydroxylation is 1. The van der Waals surface area contributed by atoms with Gasteiger partial charge in [0.15, 0.2) is 0 Å². The predicted molar refractivity (Wildman–Crippen MR) is 106 cm³/mol. The summed E-state index contributed by atoms with van der Waals surface area (Å²) in [6.45, 7) is 1.72. The maximum Gasteiger partial charge on any atom is 0.270 e. The van der Waals surface area contributed by atoms with E-state index in [2.05, 4.69) is 10.3 Å². The van der Waals surface area contributed by atoms with Gasteiger partial charge in [0.1, 0.15) is 5.69 Å². The molecule has 0 radical (unpaired) electrons. The van der Waals surface area contributed by atoms with E-state index >= 15 is 0 Å². The smallest absolute Gasteiger partial charge is 0.270 e. The van der Waals surface area contributed by atoms with Crippen molar-refractivity contribution in [1.29, 1.82) is 0 Å². The van der Waals surface area contributed by atoms with Gasteiger partial charge in [-0.25, -0.2) is 0 Å². The fourth-order valence-corrected chi connectivity index (χ4v) is 4.45. The van der Waals surface area contributed by atoms with E-state index in [1.807, 2.05) is 46.2 Å². The average Bonchev–Trinajstić information content (AvgIpc) is 3.29. The molecule has 3 aromatic rings. The lowest BCUT2D eigenvalue weighted by Gasteiger charge is -2.31. The molecule has 140 valence electrons. The maximum absolute atomic E-state index is 12.9. The summed E-state index contributed by atoms with van der Waals surface area (Å²) in [5.41, 5.74) is 2.80. The summed E-state index contributed by atoms with van der Waals surface area (Å²) < 4.78 is 3.09. The number of likely N-dealkylation sites (tertiary alicyclic amines) is 1. The van der Waals surface area contributed by atoms with Crippen LogP contribution in [-0.4, -0.2) is 39.4 Å². The van der Waals surface area contributed by atoms with Gasteiger partial charge >= 0.3 is 0 Å². The molecule has 0 atom stereocenters. The highest BCUT2D eigenvalue weighted by molar-refractivity contribution is 7.17. The Morgan fingerprint density at radius 2 is 2.11 bits per heavy atom. The topological polar surface area (TPSA) is 67.2 Å². The van der Waals surface area contributed by atoms with Gasteiger partial charge in [-0.15, -0.1) is 11.3 Å². The molecular formula is C20H22N4O2S. The first-order chi connectivity index (χ1) is 13.1. The van der Waals surface area contributed by atoms with Crippen LogP contribution < -0.4 is 5.32 Å². The predicted octanol–water partition coefficient (Wildman–Crippen LogP) is 2.80. The van der Waals surface area contributed by atoms with Crippen molar-refractivity contribution in [3.05, 3.63) is 53.3 Å². The Labute approximate surface area is 161 Å². The molecule has 4 rings (SSSR count). The number of hydrogen-bond donors (Lipinski definition) is 1. The number of amides is 2. The summed E-state index contributed by atoms with van der Waals surface area (Å²) in [6.07, 6.45) is 4.87. The molecule has 1 fully saturated rings. The lowest BCUT2D eigenvalue weighted by molar-refractivity contribution is -0.126. The van der Waals surface area contributed by atoms with Crippen molar-refractivity contribution in [3.8, 4) is 0 Å². The Morgan fingerprint density at radius 3 is 2.81 bits per heavy atom. The summed E-state index contributed by atoms with van der Waals surface area (Å²) in [6, 6.07) is 7.81. The van der Waals surface area contributed by atoms with Gasteiger partial charge in [0.05, 0.1) is 10.2 Å². The van der Waals surface area contributed by atoms with Gasteiger partial charge in [-0.05, 0) is 42.0 Å². The van der Waals surface area contributed by atoms with Crippen molar-refractivity contribution >= 4 is 33.4 Å². The second kappa shape index (κ2) is 7.52. The van der Waals surface area contributed by atoms with Crippen LogP contribution in [0.1, 0.15) is 28.9 Å². The highest BCUT2D eigenvalue weighted by Gasteiger charge is 2.29. The number of carbonyl (C=O) groups excluding carboxylic acids is 2. The van der Waals surface area contributed by atoms with Crippen LogP contribution in [0.2, 0.25) is 0 Å². The lowest BCUT2D eigenvalue weighted by atomic mass is 9.95. The van der Waals surface area contributed by atoms with E-state index in [1.165, 1.54) is 0 Å². The maximum atomic E-state index is 12.9. The number of pyridine rings is 1. The number of carbonyl (C=O) groups is 2. The number of hydrogen-bond acceptors (Lipinski definition) is 4. The van der Waals surface area contributed by atoms with Crippen molar-refractivity contribution < 1.29 is 9.59 Å². The number of nitrogens with one attached hydrogen (secondary N) is 1. The molecule has 3 aromatic heterocycles. The Hall–Kier alpha value is -2.67. The molecule has 0 aliphatic carbocycles. The Morgan fingerprint density at radius 1 is 1.30 bits per heavy atom. The van der Waals surface area contributed by atoms with Crippen LogP contribution in [0, 0.1) is 5.92 Å². The molecule has 0 bridgehead atoms. The van der Waals surface area contributed by atoms with Crippen molar-refractivity contribution in [2.45, 2.75) is 19.4 Å². The first-order valence-electron chi connectivity index (χ1n) is 9.12. The second-order valence-corrected chi connectivity index (χ2v) is 7.85. The molecule has 0 aromatic carbocycles. The van der Waals surface area contributed by atoms with Crippen LogP contribution >= 0.6 is 11.3 Å². The zero-order chi connectivity index (χ0) is 18.8. The van der Waals surface area contributed by atoms with Gasteiger partial charge in [0.25, 0.3) is 5.91 Å². The zero-order valence-corrected chi connectivity index (χ0v) is 16.0. The molecule has 1 saturated heterocycles. The number of fused-ring (bicyclic) bond motifs is 1. The molecule has 27 heavy (non-hydrogen) atoms. The number of thiophene rings is 1. The summed E-state index contributed by atoms with van der Waals surface area (Å²) >= 11 is 1.65.